The van der Waals surface area contributed by atoms with Crippen molar-refractivity contribution in [3.63, 3.8) is 0 Å². The van der Waals surface area contributed by atoms with Crippen LogP contribution in [0.15, 0.2) is 0 Å². The van der Waals surface area contributed by atoms with Crippen molar-refractivity contribution in [2.45, 2.75) is 76.7 Å². The summed E-state index contributed by atoms with van der Waals surface area (Å²) in [6, 6.07) is 0.879. The van der Waals surface area contributed by atoms with Gasteiger partial charge in [-0.05, 0) is 57.0 Å². The fourth-order valence-corrected chi connectivity index (χ4v) is 4.11. The Morgan fingerprint density at radius 2 is 1.47 bits per heavy atom. The van der Waals surface area contributed by atoms with E-state index in [1.165, 1.54) is 96.8 Å². The van der Waals surface area contributed by atoms with Gasteiger partial charge in [0.2, 0.25) is 0 Å². The van der Waals surface area contributed by atoms with Crippen molar-refractivity contribution in [1.29, 1.82) is 0 Å². The van der Waals surface area contributed by atoms with E-state index in [1.807, 2.05) is 0 Å². The third kappa shape index (κ3) is 4.19. The van der Waals surface area contributed by atoms with Crippen molar-refractivity contribution >= 4 is 0 Å². The predicted molar refractivity (Wildman–Crippen MR) is 81.5 cm³/mol. The maximum Gasteiger partial charge on any atom is 0.00684 e. The van der Waals surface area contributed by atoms with E-state index in [0.29, 0.717) is 5.41 Å². The van der Waals surface area contributed by atoms with Gasteiger partial charge in [-0.1, -0.05) is 32.1 Å². The van der Waals surface area contributed by atoms with Crippen LogP contribution >= 0.6 is 0 Å². The van der Waals surface area contributed by atoms with Gasteiger partial charge in [-0.25, -0.2) is 0 Å². The number of likely N-dealkylation sites (tertiary alicyclic amines) is 1. The Balaban J connectivity index is 1.52. The minimum atomic E-state index is 0.627. The molecule has 0 atom stereocenters. The molecule has 0 amide bonds. The first kappa shape index (κ1) is 13.9. The molecule has 2 aliphatic carbocycles. The van der Waals surface area contributed by atoms with E-state index in [1.54, 1.807) is 0 Å². The lowest BCUT2D eigenvalue weighted by atomic mass is 9.85. The smallest absolute Gasteiger partial charge is 0.00684 e. The molecule has 0 spiro atoms. The fourth-order valence-electron chi connectivity index (χ4n) is 4.11. The summed E-state index contributed by atoms with van der Waals surface area (Å²) in [5.41, 5.74) is 0.627. The summed E-state index contributed by atoms with van der Waals surface area (Å²) in [6.07, 6.45) is 16.0. The molecule has 2 saturated carbocycles. The predicted octanol–water partition coefficient (Wildman–Crippen LogP) is 3.56. The van der Waals surface area contributed by atoms with Gasteiger partial charge in [0.05, 0.1) is 0 Å². The second-order valence-corrected chi connectivity index (χ2v) is 7.41. The molecule has 3 rings (SSSR count). The van der Waals surface area contributed by atoms with Crippen LogP contribution in [0, 0.1) is 5.41 Å². The average molecular weight is 264 g/mol. The highest BCUT2D eigenvalue weighted by molar-refractivity contribution is 4.92. The number of hydrogen-bond donors (Lipinski definition) is 1. The summed E-state index contributed by atoms with van der Waals surface area (Å²) in [7, 11) is 0. The molecule has 1 heterocycles. The largest absolute Gasteiger partial charge is 0.313 e. The molecule has 0 bridgehead atoms. The molecule has 2 heteroatoms. The first-order valence-electron chi connectivity index (χ1n) is 8.82. The lowest BCUT2D eigenvalue weighted by Crippen LogP contribution is -2.44. The first-order valence-corrected chi connectivity index (χ1v) is 8.82. The van der Waals surface area contributed by atoms with Crippen molar-refractivity contribution in [3.05, 3.63) is 0 Å². The number of rotatable bonds is 5. The third-order valence-electron chi connectivity index (χ3n) is 5.52. The van der Waals surface area contributed by atoms with Crippen LogP contribution in [0.3, 0.4) is 0 Å². The Hall–Kier alpha value is -0.0800. The van der Waals surface area contributed by atoms with E-state index in [4.69, 9.17) is 0 Å². The van der Waals surface area contributed by atoms with Crippen molar-refractivity contribution in [2.24, 2.45) is 5.41 Å². The van der Waals surface area contributed by atoms with E-state index in [2.05, 4.69) is 10.2 Å². The topological polar surface area (TPSA) is 15.3 Å². The van der Waals surface area contributed by atoms with Gasteiger partial charge in [0.1, 0.15) is 0 Å². The molecule has 3 aliphatic rings. The Morgan fingerprint density at radius 3 is 2.11 bits per heavy atom. The van der Waals surface area contributed by atoms with Crippen LogP contribution < -0.4 is 5.32 Å². The lowest BCUT2D eigenvalue weighted by Gasteiger charge is -2.36. The zero-order chi connectivity index (χ0) is 13.0. The second-order valence-electron chi connectivity index (χ2n) is 7.41. The highest BCUT2D eigenvalue weighted by atomic mass is 15.1. The summed E-state index contributed by atoms with van der Waals surface area (Å²) in [4.78, 5) is 2.80. The van der Waals surface area contributed by atoms with Gasteiger partial charge in [0, 0.05) is 19.1 Å². The minimum absolute atomic E-state index is 0.627. The quantitative estimate of drug-likeness (QED) is 0.816. The van der Waals surface area contributed by atoms with Gasteiger partial charge < -0.3 is 10.2 Å². The van der Waals surface area contributed by atoms with Gasteiger partial charge in [-0.3, -0.25) is 0 Å². The maximum absolute atomic E-state index is 3.83. The highest BCUT2D eigenvalue weighted by Gasteiger charge is 2.36. The Morgan fingerprint density at radius 1 is 0.842 bits per heavy atom. The molecule has 110 valence electrons. The highest BCUT2D eigenvalue weighted by Crippen LogP contribution is 2.39. The van der Waals surface area contributed by atoms with E-state index < -0.39 is 0 Å². The number of nitrogens with one attached hydrogen (secondary N) is 1. The van der Waals surface area contributed by atoms with Crippen LogP contribution in [-0.4, -0.2) is 37.1 Å². The second kappa shape index (κ2) is 6.58. The number of hydrogen-bond acceptors (Lipinski definition) is 2. The van der Waals surface area contributed by atoms with Crippen molar-refractivity contribution in [3.8, 4) is 0 Å². The molecule has 1 saturated heterocycles. The Bertz CT molecular complexity index is 258. The summed E-state index contributed by atoms with van der Waals surface area (Å²) in [5, 5.41) is 3.83. The average Bonchev–Trinajstić information content (AvgIpc) is 3.10. The van der Waals surface area contributed by atoms with Crippen LogP contribution in [0.2, 0.25) is 0 Å². The van der Waals surface area contributed by atoms with Gasteiger partial charge in [0.25, 0.3) is 0 Å². The first-order chi connectivity index (χ1) is 9.36. The Labute approximate surface area is 119 Å². The molecule has 0 radical (unpaired) electrons. The molecule has 3 fully saturated rings. The van der Waals surface area contributed by atoms with E-state index in [9.17, 15) is 0 Å². The molecule has 2 nitrogen and oxygen atoms in total. The molecule has 0 unspecified atom stereocenters. The van der Waals surface area contributed by atoms with Gasteiger partial charge >= 0.3 is 0 Å². The van der Waals surface area contributed by atoms with Crippen LogP contribution in [0.5, 0.6) is 0 Å². The molecule has 1 N–H and O–H groups in total. The minimum Gasteiger partial charge on any atom is -0.313 e. The van der Waals surface area contributed by atoms with Crippen molar-refractivity contribution in [1.82, 2.24) is 10.2 Å². The molecule has 1 aliphatic heterocycles. The molecular weight excluding hydrogens is 232 g/mol. The summed E-state index contributed by atoms with van der Waals surface area (Å²) in [5.74, 6) is 0. The SMILES string of the molecule is C1CCCN(CC2(CNC3CC3)CCCC2)CCC1. The number of nitrogens with zero attached hydrogens (tertiary/aromatic N) is 1. The van der Waals surface area contributed by atoms with E-state index in [-0.39, 0.29) is 0 Å². The molecule has 0 aromatic carbocycles. The summed E-state index contributed by atoms with van der Waals surface area (Å²) in [6.45, 7) is 5.41. The molecule has 0 aromatic heterocycles. The maximum atomic E-state index is 3.83. The normalized spacial score (nSPS) is 29.1. The molecule has 19 heavy (non-hydrogen) atoms. The third-order valence-corrected chi connectivity index (χ3v) is 5.52. The monoisotopic (exact) mass is 264 g/mol. The summed E-state index contributed by atoms with van der Waals surface area (Å²) >= 11 is 0. The van der Waals surface area contributed by atoms with Crippen LogP contribution in [0.25, 0.3) is 0 Å². The molecular formula is C17H32N2. The van der Waals surface area contributed by atoms with Gasteiger partial charge in [-0.2, -0.15) is 0 Å². The standard InChI is InChI=1S/C17H32N2/c1-2-6-12-19(13-7-3-1)15-17(10-4-5-11-17)14-18-16-8-9-16/h16,18H,1-15H2. The zero-order valence-corrected chi connectivity index (χ0v) is 12.6. The Kier molecular flexibility index (Phi) is 4.81. The van der Waals surface area contributed by atoms with E-state index in [0.717, 1.165) is 6.04 Å². The molecule has 0 aromatic rings. The van der Waals surface area contributed by atoms with Crippen LogP contribution in [0.4, 0.5) is 0 Å². The van der Waals surface area contributed by atoms with Crippen molar-refractivity contribution < 1.29 is 0 Å². The summed E-state index contributed by atoms with van der Waals surface area (Å²) < 4.78 is 0. The van der Waals surface area contributed by atoms with E-state index >= 15 is 0 Å². The van der Waals surface area contributed by atoms with Crippen molar-refractivity contribution in [2.75, 3.05) is 26.2 Å². The fraction of sp³-hybridized carbons (Fsp3) is 1.00. The zero-order valence-electron chi connectivity index (χ0n) is 12.6. The van der Waals surface area contributed by atoms with Crippen LogP contribution in [0.1, 0.15) is 70.6 Å². The van der Waals surface area contributed by atoms with Crippen LogP contribution in [-0.2, 0) is 0 Å². The lowest BCUT2D eigenvalue weighted by molar-refractivity contribution is 0.139. The van der Waals surface area contributed by atoms with Gasteiger partial charge in [-0.15, -0.1) is 0 Å². The van der Waals surface area contributed by atoms with Gasteiger partial charge in [0.15, 0.2) is 0 Å².